The standard InChI is InChI=1S/C19H20N2O4/c1-12-5-7-16(23-3)15(9-12)21-19(22)13(2)25-17-8-6-14(11-20)10-18(17)24-4/h5-10,13H,1-4H3,(H,21,22)/t13-/m1/s1. The maximum absolute atomic E-state index is 12.4. The maximum atomic E-state index is 12.4. The van der Waals surface area contributed by atoms with Gasteiger partial charge in [0.05, 0.1) is 31.5 Å². The second-order valence-corrected chi connectivity index (χ2v) is 5.43. The Morgan fingerprint density at radius 1 is 1.08 bits per heavy atom. The molecule has 1 atom stereocenters. The zero-order valence-corrected chi connectivity index (χ0v) is 14.6. The van der Waals surface area contributed by atoms with Gasteiger partial charge in [-0.25, -0.2) is 0 Å². The number of amides is 1. The summed E-state index contributed by atoms with van der Waals surface area (Å²) >= 11 is 0. The minimum Gasteiger partial charge on any atom is -0.495 e. The first-order valence-corrected chi connectivity index (χ1v) is 7.68. The van der Waals surface area contributed by atoms with Crippen LogP contribution in [-0.4, -0.2) is 26.2 Å². The minimum atomic E-state index is -0.771. The van der Waals surface area contributed by atoms with Gasteiger partial charge in [0.15, 0.2) is 17.6 Å². The summed E-state index contributed by atoms with van der Waals surface area (Å²) in [5, 5.41) is 11.7. The molecule has 0 aliphatic rings. The summed E-state index contributed by atoms with van der Waals surface area (Å²) < 4.78 is 16.2. The molecule has 0 heterocycles. The van der Waals surface area contributed by atoms with Gasteiger partial charge in [-0.2, -0.15) is 5.26 Å². The van der Waals surface area contributed by atoms with Gasteiger partial charge in [-0.15, -0.1) is 0 Å². The molecule has 0 aliphatic carbocycles. The maximum Gasteiger partial charge on any atom is 0.265 e. The first kappa shape index (κ1) is 18.1. The molecule has 0 aliphatic heterocycles. The van der Waals surface area contributed by atoms with Gasteiger partial charge in [0, 0.05) is 6.07 Å². The highest BCUT2D eigenvalue weighted by atomic mass is 16.5. The lowest BCUT2D eigenvalue weighted by Crippen LogP contribution is -2.30. The molecule has 0 saturated heterocycles. The summed E-state index contributed by atoms with van der Waals surface area (Å²) in [5.41, 5.74) is 2.03. The van der Waals surface area contributed by atoms with Crippen LogP contribution in [0.2, 0.25) is 0 Å². The number of ether oxygens (including phenoxy) is 3. The SMILES string of the molecule is COc1ccc(C)cc1NC(=O)[C@@H](C)Oc1ccc(C#N)cc1OC. The predicted molar refractivity (Wildman–Crippen MR) is 94.2 cm³/mol. The lowest BCUT2D eigenvalue weighted by atomic mass is 10.2. The van der Waals surface area contributed by atoms with E-state index in [-0.39, 0.29) is 5.91 Å². The largest absolute Gasteiger partial charge is 0.495 e. The van der Waals surface area contributed by atoms with Crippen molar-refractivity contribution in [2.24, 2.45) is 0 Å². The van der Waals surface area contributed by atoms with Crippen LogP contribution in [-0.2, 0) is 4.79 Å². The number of rotatable bonds is 6. The Labute approximate surface area is 146 Å². The molecule has 130 valence electrons. The van der Waals surface area contributed by atoms with Gasteiger partial charge in [0.1, 0.15) is 5.75 Å². The van der Waals surface area contributed by atoms with Crippen LogP contribution in [0, 0.1) is 18.3 Å². The molecule has 0 unspecified atom stereocenters. The molecule has 1 N–H and O–H groups in total. The number of nitrogens with zero attached hydrogens (tertiary/aromatic N) is 1. The highest BCUT2D eigenvalue weighted by Gasteiger charge is 2.19. The number of aryl methyl sites for hydroxylation is 1. The number of nitrogens with one attached hydrogen (secondary N) is 1. The summed E-state index contributed by atoms with van der Waals surface area (Å²) in [6, 6.07) is 12.3. The number of carbonyl (C=O) groups excluding carboxylic acids is 1. The van der Waals surface area contributed by atoms with Gasteiger partial charge in [-0.1, -0.05) is 6.07 Å². The van der Waals surface area contributed by atoms with E-state index < -0.39 is 6.10 Å². The number of methoxy groups -OCH3 is 2. The fourth-order valence-corrected chi connectivity index (χ4v) is 2.23. The smallest absolute Gasteiger partial charge is 0.265 e. The van der Waals surface area contributed by atoms with Crippen molar-refractivity contribution in [1.82, 2.24) is 0 Å². The van der Waals surface area contributed by atoms with Crippen LogP contribution in [0.5, 0.6) is 17.2 Å². The van der Waals surface area contributed by atoms with Crippen LogP contribution >= 0.6 is 0 Å². The summed E-state index contributed by atoms with van der Waals surface area (Å²) in [4.78, 5) is 12.4. The Balaban J connectivity index is 2.14. The van der Waals surface area contributed by atoms with E-state index >= 15 is 0 Å². The Morgan fingerprint density at radius 3 is 2.40 bits per heavy atom. The topological polar surface area (TPSA) is 80.6 Å². The van der Waals surface area contributed by atoms with Crippen LogP contribution in [0.4, 0.5) is 5.69 Å². The van der Waals surface area contributed by atoms with Crippen molar-refractivity contribution >= 4 is 11.6 Å². The second kappa shape index (κ2) is 8.06. The average Bonchev–Trinajstić information content (AvgIpc) is 2.62. The van der Waals surface area contributed by atoms with Crippen molar-refractivity contribution in [3.05, 3.63) is 47.5 Å². The highest BCUT2D eigenvalue weighted by Crippen LogP contribution is 2.29. The normalized spacial score (nSPS) is 11.2. The van der Waals surface area contributed by atoms with Crippen LogP contribution in [0.25, 0.3) is 0 Å². The molecule has 1 amide bonds. The molecule has 6 nitrogen and oxygen atoms in total. The third kappa shape index (κ3) is 4.42. The van der Waals surface area contributed by atoms with Crippen molar-refractivity contribution < 1.29 is 19.0 Å². The fraction of sp³-hybridized carbons (Fsp3) is 0.263. The zero-order chi connectivity index (χ0) is 18.4. The Bertz CT molecular complexity index is 812. The van der Waals surface area contributed by atoms with Crippen molar-refractivity contribution in [2.75, 3.05) is 19.5 Å². The molecule has 0 saturated carbocycles. The summed E-state index contributed by atoms with van der Waals surface area (Å²) in [5.74, 6) is 1.03. The van der Waals surface area contributed by atoms with Crippen molar-refractivity contribution in [3.63, 3.8) is 0 Å². The molecule has 0 aromatic heterocycles. The lowest BCUT2D eigenvalue weighted by Gasteiger charge is -2.18. The van der Waals surface area contributed by atoms with Crippen molar-refractivity contribution in [2.45, 2.75) is 20.0 Å². The average molecular weight is 340 g/mol. The first-order chi connectivity index (χ1) is 12.0. The monoisotopic (exact) mass is 340 g/mol. The lowest BCUT2D eigenvalue weighted by molar-refractivity contribution is -0.122. The second-order valence-electron chi connectivity index (χ2n) is 5.43. The van der Waals surface area contributed by atoms with Gasteiger partial charge in [0.2, 0.25) is 0 Å². The fourth-order valence-electron chi connectivity index (χ4n) is 2.23. The number of hydrogen-bond donors (Lipinski definition) is 1. The van der Waals surface area contributed by atoms with Crippen molar-refractivity contribution in [1.29, 1.82) is 5.26 Å². The molecular weight excluding hydrogens is 320 g/mol. The predicted octanol–water partition coefficient (Wildman–Crippen LogP) is 3.29. The van der Waals surface area contributed by atoms with Gasteiger partial charge in [0.25, 0.3) is 5.91 Å². The highest BCUT2D eigenvalue weighted by molar-refractivity contribution is 5.95. The van der Waals surface area contributed by atoms with E-state index in [1.54, 1.807) is 38.3 Å². The van der Waals surface area contributed by atoms with E-state index in [2.05, 4.69) is 5.32 Å². The number of hydrogen-bond acceptors (Lipinski definition) is 5. The van der Waals surface area contributed by atoms with Crippen LogP contribution < -0.4 is 19.5 Å². The van der Waals surface area contributed by atoms with E-state index in [9.17, 15) is 4.79 Å². The molecule has 2 aromatic carbocycles. The molecule has 0 fully saturated rings. The van der Waals surface area contributed by atoms with E-state index in [4.69, 9.17) is 19.5 Å². The Morgan fingerprint density at radius 2 is 1.76 bits per heavy atom. The first-order valence-electron chi connectivity index (χ1n) is 7.68. The number of nitriles is 1. The van der Waals surface area contributed by atoms with Gasteiger partial charge < -0.3 is 19.5 Å². The summed E-state index contributed by atoms with van der Waals surface area (Å²) in [6.45, 7) is 3.56. The number of benzene rings is 2. The van der Waals surface area contributed by atoms with Crippen molar-refractivity contribution in [3.8, 4) is 23.3 Å². The van der Waals surface area contributed by atoms with E-state index in [1.807, 2.05) is 25.1 Å². The Hall–Kier alpha value is -3.20. The van der Waals surface area contributed by atoms with E-state index in [1.165, 1.54) is 7.11 Å². The zero-order valence-electron chi connectivity index (χ0n) is 14.6. The molecular formula is C19H20N2O4. The van der Waals surface area contributed by atoms with Gasteiger partial charge in [-0.05, 0) is 43.7 Å². The third-order valence-corrected chi connectivity index (χ3v) is 3.58. The van der Waals surface area contributed by atoms with E-state index in [0.717, 1.165) is 5.56 Å². The summed E-state index contributed by atoms with van der Waals surface area (Å²) in [7, 11) is 3.02. The van der Waals surface area contributed by atoms with Crippen LogP contribution in [0.15, 0.2) is 36.4 Å². The quantitative estimate of drug-likeness (QED) is 0.873. The molecule has 2 aromatic rings. The number of anilines is 1. The molecule has 6 heteroatoms. The minimum absolute atomic E-state index is 0.324. The van der Waals surface area contributed by atoms with Gasteiger partial charge in [-0.3, -0.25) is 4.79 Å². The van der Waals surface area contributed by atoms with Gasteiger partial charge >= 0.3 is 0 Å². The molecule has 2 rings (SSSR count). The summed E-state index contributed by atoms with van der Waals surface area (Å²) in [6.07, 6.45) is -0.771. The number of carbonyl (C=O) groups is 1. The molecule has 0 bridgehead atoms. The molecule has 25 heavy (non-hydrogen) atoms. The van der Waals surface area contributed by atoms with Crippen LogP contribution in [0.3, 0.4) is 0 Å². The third-order valence-electron chi connectivity index (χ3n) is 3.58. The van der Waals surface area contributed by atoms with Crippen LogP contribution in [0.1, 0.15) is 18.1 Å². The molecule has 0 radical (unpaired) electrons. The van der Waals surface area contributed by atoms with E-state index in [0.29, 0.717) is 28.5 Å². The Kier molecular flexibility index (Phi) is 5.85. The molecule has 0 spiro atoms.